The first-order chi connectivity index (χ1) is 9.43. The molecule has 1 unspecified atom stereocenters. The van der Waals surface area contributed by atoms with E-state index in [0.29, 0.717) is 5.56 Å². The van der Waals surface area contributed by atoms with Crippen LogP contribution in [0, 0.1) is 11.8 Å². The Hall–Kier alpha value is -1.07. The van der Waals surface area contributed by atoms with Crippen molar-refractivity contribution in [1.29, 1.82) is 0 Å². The second-order valence-electron chi connectivity index (χ2n) is 4.24. The minimum Gasteiger partial charge on any atom is -0.320 e. The number of nitrogens with two attached hydrogens (primary N) is 1. The number of nitrogens with zero attached hydrogens (tertiary/aromatic N) is 2. The minimum absolute atomic E-state index is 0.0891. The monoisotopic (exact) mass is 313 g/mol. The van der Waals surface area contributed by atoms with E-state index in [1.54, 1.807) is 18.8 Å². The van der Waals surface area contributed by atoms with Gasteiger partial charge in [-0.25, -0.2) is 8.42 Å². The lowest BCUT2D eigenvalue weighted by Crippen LogP contribution is -2.36. The molecule has 1 rings (SSSR count). The molecule has 0 radical (unpaired) electrons. The Morgan fingerprint density at radius 1 is 1.50 bits per heavy atom. The molecule has 0 amide bonds. The van der Waals surface area contributed by atoms with E-state index in [0.717, 1.165) is 5.75 Å². The van der Waals surface area contributed by atoms with Gasteiger partial charge in [-0.2, -0.15) is 16.1 Å². The average Bonchev–Trinajstić information content (AvgIpc) is 2.44. The molecule has 1 atom stereocenters. The molecule has 1 aromatic rings. The number of hydrogen-bond acceptors (Lipinski definition) is 5. The third-order valence-electron chi connectivity index (χ3n) is 2.75. The van der Waals surface area contributed by atoms with Crippen molar-refractivity contribution in [3.8, 4) is 11.8 Å². The first-order valence-corrected chi connectivity index (χ1v) is 8.87. The van der Waals surface area contributed by atoms with Crippen molar-refractivity contribution in [2.75, 3.05) is 25.6 Å². The summed E-state index contributed by atoms with van der Waals surface area (Å²) >= 11 is 1.61. The van der Waals surface area contributed by atoms with Gasteiger partial charge in [-0.1, -0.05) is 11.8 Å². The zero-order valence-electron chi connectivity index (χ0n) is 11.8. The first-order valence-electron chi connectivity index (χ1n) is 6.04. The predicted octanol–water partition coefficient (Wildman–Crippen LogP) is 0.764. The summed E-state index contributed by atoms with van der Waals surface area (Å²) in [6.45, 7) is 2.10. The Balaban J connectivity index is 3.09. The molecular weight excluding hydrogens is 294 g/mol. The van der Waals surface area contributed by atoms with Crippen LogP contribution >= 0.6 is 11.8 Å². The van der Waals surface area contributed by atoms with Gasteiger partial charge in [-0.05, 0) is 19.2 Å². The third kappa shape index (κ3) is 4.21. The van der Waals surface area contributed by atoms with Gasteiger partial charge >= 0.3 is 0 Å². The summed E-state index contributed by atoms with van der Waals surface area (Å²) in [7, 11) is -1.97. The van der Waals surface area contributed by atoms with E-state index in [1.165, 1.54) is 22.8 Å². The van der Waals surface area contributed by atoms with E-state index < -0.39 is 10.0 Å². The van der Waals surface area contributed by atoms with Crippen LogP contribution in [-0.2, 0) is 10.0 Å². The van der Waals surface area contributed by atoms with Crippen molar-refractivity contribution < 1.29 is 8.42 Å². The molecule has 1 heterocycles. The molecule has 5 nitrogen and oxygen atoms in total. The Morgan fingerprint density at radius 2 is 2.20 bits per heavy atom. The second kappa shape index (κ2) is 7.64. The minimum atomic E-state index is -3.55. The van der Waals surface area contributed by atoms with E-state index in [9.17, 15) is 8.42 Å². The third-order valence-corrected chi connectivity index (χ3v) is 5.51. The van der Waals surface area contributed by atoms with Gasteiger partial charge in [0.1, 0.15) is 4.90 Å². The van der Waals surface area contributed by atoms with Gasteiger partial charge in [0.15, 0.2) is 0 Å². The number of pyridine rings is 1. The van der Waals surface area contributed by atoms with Gasteiger partial charge in [0.25, 0.3) is 0 Å². The number of hydrogen-bond donors (Lipinski definition) is 1. The maximum Gasteiger partial charge on any atom is 0.244 e. The number of sulfonamides is 1. The SMILES string of the molecule is CSCC(C)N(C)S(=O)(=O)c1cncc(C#CCN)c1. The van der Waals surface area contributed by atoms with Crippen LogP contribution in [0.4, 0.5) is 0 Å². The van der Waals surface area contributed by atoms with Gasteiger partial charge < -0.3 is 5.73 Å². The quantitative estimate of drug-likeness (QED) is 0.812. The lowest BCUT2D eigenvalue weighted by atomic mass is 10.3. The zero-order chi connectivity index (χ0) is 15.2. The Labute approximate surface area is 125 Å². The molecule has 0 fully saturated rings. The van der Waals surface area contributed by atoms with Crippen LogP contribution in [0.25, 0.3) is 0 Å². The van der Waals surface area contributed by atoms with Gasteiger partial charge in [0, 0.05) is 36.8 Å². The van der Waals surface area contributed by atoms with Crippen LogP contribution in [-0.4, -0.2) is 49.3 Å². The van der Waals surface area contributed by atoms with E-state index in [4.69, 9.17) is 5.73 Å². The van der Waals surface area contributed by atoms with Gasteiger partial charge in [-0.3, -0.25) is 4.98 Å². The fourth-order valence-electron chi connectivity index (χ4n) is 1.53. The molecular formula is C13H19N3O2S2. The van der Waals surface area contributed by atoms with Crippen LogP contribution in [0.3, 0.4) is 0 Å². The molecule has 0 bridgehead atoms. The molecule has 2 N–H and O–H groups in total. The summed E-state index contributed by atoms with van der Waals surface area (Å²) in [5.74, 6) is 6.20. The molecule has 0 saturated carbocycles. The first kappa shape index (κ1) is 17.0. The largest absolute Gasteiger partial charge is 0.320 e. The summed E-state index contributed by atoms with van der Waals surface area (Å²) in [5.41, 5.74) is 5.84. The van der Waals surface area contributed by atoms with Gasteiger partial charge in [0.2, 0.25) is 10.0 Å². The molecule has 110 valence electrons. The van der Waals surface area contributed by atoms with Crippen molar-refractivity contribution in [3.63, 3.8) is 0 Å². The molecule has 1 aromatic heterocycles. The van der Waals surface area contributed by atoms with Crippen LogP contribution in [0.1, 0.15) is 12.5 Å². The highest BCUT2D eigenvalue weighted by atomic mass is 32.2. The Morgan fingerprint density at radius 3 is 2.80 bits per heavy atom. The van der Waals surface area contributed by atoms with Crippen molar-refractivity contribution in [2.24, 2.45) is 5.73 Å². The van der Waals surface area contributed by atoms with Crippen molar-refractivity contribution in [1.82, 2.24) is 9.29 Å². The fourth-order valence-corrected chi connectivity index (χ4v) is 3.68. The van der Waals surface area contributed by atoms with E-state index in [2.05, 4.69) is 16.8 Å². The second-order valence-corrected chi connectivity index (χ2v) is 7.15. The zero-order valence-corrected chi connectivity index (χ0v) is 13.5. The van der Waals surface area contributed by atoms with E-state index in [1.807, 2.05) is 13.2 Å². The molecule has 0 saturated heterocycles. The molecule has 0 aliphatic heterocycles. The normalized spacial score (nSPS) is 12.8. The van der Waals surface area contributed by atoms with Crippen LogP contribution in [0.2, 0.25) is 0 Å². The lowest BCUT2D eigenvalue weighted by Gasteiger charge is -2.23. The lowest BCUT2D eigenvalue weighted by molar-refractivity contribution is 0.415. The van der Waals surface area contributed by atoms with Crippen molar-refractivity contribution >= 4 is 21.8 Å². The Bertz CT molecular complexity index is 606. The van der Waals surface area contributed by atoms with Gasteiger partial charge in [0.05, 0.1) is 6.54 Å². The molecule has 0 spiro atoms. The van der Waals surface area contributed by atoms with Crippen LogP contribution < -0.4 is 5.73 Å². The average molecular weight is 313 g/mol. The fraction of sp³-hybridized carbons (Fsp3) is 0.462. The number of thioether (sulfide) groups is 1. The molecule has 0 aliphatic carbocycles. The van der Waals surface area contributed by atoms with Crippen LogP contribution in [0.5, 0.6) is 0 Å². The van der Waals surface area contributed by atoms with E-state index in [-0.39, 0.29) is 17.5 Å². The van der Waals surface area contributed by atoms with E-state index >= 15 is 0 Å². The van der Waals surface area contributed by atoms with Gasteiger partial charge in [-0.15, -0.1) is 0 Å². The Kier molecular flexibility index (Phi) is 6.49. The highest BCUT2D eigenvalue weighted by Gasteiger charge is 2.25. The maximum absolute atomic E-state index is 12.5. The summed E-state index contributed by atoms with van der Waals surface area (Å²) in [5, 5.41) is 0. The summed E-state index contributed by atoms with van der Waals surface area (Å²) in [4.78, 5) is 4.09. The molecule has 0 aliphatic rings. The highest BCUT2D eigenvalue weighted by Crippen LogP contribution is 2.18. The topological polar surface area (TPSA) is 76.3 Å². The summed E-state index contributed by atoms with van der Waals surface area (Å²) < 4.78 is 26.3. The number of rotatable bonds is 5. The number of aromatic nitrogens is 1. The molecule has 20 heavy (non-hydrogen) atoms. The maximum atomic E-state index is 12.5. The highest BCUT2D eigenvalue weighted by molar-refractivity contribution is 7.98. The standard InChI is InChI=1S/C13H19N3O2S2/c1-11(10-19-3)16(2)20(17,18)13-7-12(5-4-6-14)8-15-9-13/h7-9,11H,6,10,14H2,1-3H3. The molecule has 0 aromatic carbocycles. The summed E-state index contributed by atoms with van der Waals surface area (Å²) in [6.07, 6.45) is 4.81. The molecule has 7 heteroatoms. The summed E-state index contributed by atoms with van der Waals surface area (Å²) in [6, 6.07) is 1.43. The van der Waals surface area contributed by atoms with Crippen LogP contribution in [0.15, 0.2) is 23.4 Å². The van der Waals surface area contributed by atoms with Crippen molar-refractivity contribution in [2.45, 2.75) is 17.9 Å². The predicted molar refractivity (Wildman–Crippen MR) is 83.0 cm³/mol. The van der Waals surface area contributed by atoms with Crippen molar-refractivity contribution in [3.05, 3.63) is 24.0 Å². The smallest absolute Gasteiger partial charge is 0.244 e.